The number of carbonyl (C=O) groups is 3. The van der Waals surface area contributed by atoms with Crippen molar-refractivity contribution in [3.8, 4) is 11.5 Å². The Morgan fingerprint density at radius 1 is 0.944 bits per heavy atom. The number of amides is 3. The van der Waals surface area contributed by atoms with E-state index in [1.54, 1.807) is 25.2 Å². The first-order chi connectivity index (χ1) is 17.4. The second-order valence-electron chi connectivity index (χ2n) is 8.11. The van der Waals surface area contributed by atoms with Gasteiger partial charge in [0.05, 0.1) is 7.11 Å². The van der Waals surface area contributed by atoms with Gasteiger partial charge in [0, 0.05) is 38.0 Å². The molecule has 2 aromatic carbocycles. The number of hydrogen-bond donors (Lipinski definition) is 3. The average Bonchev–Trinajstić information content (AvgIpc) is 2.91. The summed E-state index contributed by atoms with van der Waals surface area (Å²) in [7, 11) is 2.86. The van der Waals surface area contributed by atoms with Gasteiger partial charge in [0.25, 0.3) is 11.8 Å². The third kappa shape index (κ3) is 7.56. The van der Waals surface area contributed by atoms with Gasteiger partial charge in [-0.1, -0.05) is 31.2 Å². The summed E-state index contributed by atoms with van der Waals surface area (Å²) < 4.78 is 10.5. The summed E-state index contributed by atoms with van der Waals surface area (Å²) in [6, 6.07) is 18.1. The number of pyridine rings is 1. The number of hydrogen-bond acceptors (Lipinski definition) is 6. The number of alkyl carbamates (subject to hydrolysis) is 1. The fraction of sp³-hybridized carbons (Fsp3) is 0.259. The van der Waals surface area contributed by atoms with Crippen molar-refractivity contribution in [2.75, 3.05) is 27.2 Å². The fourth-order valence-corrected chi connectivity index (χ4v) is 3.46. The maximum Gasteiger partial charge on any atom is 0.406 e. The maximum atomic E-state index is 12.7. The summed E-state index contributed by atoms with van der Waals surface area (Å²) in [5, 5.41) is 8.15. The molecule has 36 heavy (non-hydrogen) atoms. The first kappa shape index (κ1) is 26.2. The summed E-state index contributed by atoms with van der Waals surface area (Å²) >= 11 is 0. The van der Waals surface area contributed by atoms with E-state index in [0.29, 0.717) is 36.6 Å². The minimum Gasteiger partial charge on any atom is -0.457 e. The fourth-order valence-electron chi connectivity index (χ4n) is 3.46. The van der Waals surface area contributed by atoms with Crippen LogP contribution >= 0.6 is 0 Å². The van der Waals surface area contributed by atoms with Gasteiger partial charge in [-0.15, -0.1) is 0 Å². The Balaban J connectivity index is 1.54. The summed E-state index contributed by atoms with van der Waals surface area (Å²) in [5.41, 5.74) is 2.76. The number of carbonyl (C=O) groups excluding carboxylic acids is 3. The zero-order valence-corrected chi connectivity index (χ0v) is 20.5. The van der Waals surface area contributed by atoms with E-state index in [2.05, 4.69) is 25.7 Å². The molecule has 9 heteroatoms. The molecule has 3 rings (SSSR count). The van der Waals surface area contributed by atoms with Gasteiger partial charge < -0.3 is 25.4 Å². The van der Waals surface area contributed by atoms with E-state index in [-0.39, 0.29) is 23.4 Å². The van der Waals surface area contributed by atoms with Crippen LogP contribution in [0.4, 0.5) is 4.79 Å². The molecule has 0 saturated heterocycles. The van der Waals surface area contributed by atoms with Crippen LogP contribution in [0.3, 0.4) is 0 Å². The van der Waals surface area contributed by atoms with Gasteiger partial charge in [-0.25, -0.2) is 4.79 Å². The van der Waals surface area contributed by atoms with Gasteiger partial charge in [0.15, 0.2) is 0 Å². The van der Waals surface area contributed by atoms with Crippen LogP contribution in [-0.2, 0) is 11.2 Å². The lowest BCUT2D eigenvalue weighted by Crippen LogP contribution is -2.28. The molecule has 0 aliphatic rings. The second kappa shape index (κ2) is 12.9. The van der Waals surface area contributed by atoms with Crippen molar-refractivity contribution in [1.82, 2.24) is 20.9 Å². The highest BCUT2D eigenvalue weighted by molar-refractivity contribution is 5.94. The third-order valence-electron chi connectivity index (χ3n) is 5.48. The van der Waals surface area contributed by atoms with Crippen molar-refractivity contribution >= 4 is 17.9 Å². The highest BCUT2D eigenvalue weighted by atomic mass is 16.5. The van der Waals surface area contributed by atoms with Gasteiger partial charge in [-0.3, -0.25) is 14.6 Å². The number of methoxy groups -OCH3 is 1. The normalized spacial score (nSPS) is 11.2. The summed E-state index contributed by atoms with van der Waals surface area (Å²) in [4.78, 5) is 39.8. The minimum absolute atomic E-state index is 0.0208. The molecular weight excluding hydrogens is 460 g/mol. The molecule has 1 heterocycles. The van der Waals surface area contributed by atoms with Crippen LogP contribution in [-0.4, -0.2) is 50.1 Å². The molecule has 1 atom stereocenters. The predicted octanol–water partition coefficient (Wildman–Crippen LogP) is 3.67. The Bertz CT molecular complexity index is 1210. The molecule has 0 spiro atoms. The highest BCUT2D eigenvalue weighted by Crippen LogP contribution is 2.23. The van der Waals surface area contributed by atoms with Crippen molar-refractivity contribution in [2.45, 2.75) is 19.3 Å². The van der Waals surface area contributed by atoms with Crippen LogP contribution in [0.5, 0.6) is 11.5 Å². The molecule has 3 N–H and O–H groups in total. The van der Waals surface area contributed by atoms with Gasteiger partial charge in [-0.2, -0.15) is 0 Å². The smallest absolute Gasteiger partial charge is 0.406 e. The molecule has 0 aliphatic carbocycles. The Hall–Kier alpha value is -4.40. The molecule has 0 saturated carbocycles. The quantitative estimate of drug-likeness (QED) is 0.399. The molecule has 0 bridgehead atoms. The van der Waals surface area contributed by atoms with E-state index in [1.807, 2.05) is 49.4 Å². The zero-order valence-electron chi connectivity index (χ0n) is 20.5. The lowest BCUT2D eigenvalue weighted by molar-refractivity contribution is 0.0947. The lowest BCUT2D eigenvalue weighted by atomic mass is 9.99. The zero-order chi connectivity index (χ0) is 25.9. The van der Waals surface area contributed by atoms with Crippen LogP contribution in [0.25, 0.3) is 0 Å². The molecule has 1 aromatic heterocycles. The lowest BCUT2D eigenvalue weighted by Gasteiger charge is -2.14. The van der Waals surface area contributed by atoms with Crippen molar-refractivity contribution < 1.29 is 23.9 Å². The number of nitrogens with one attached hydrogen (secondary N) is 3. The SMILES string of the molecule is CNC(=O)c1cc(Oc2cccc(CCNC(=O)c3cccc(C(C)CNC(=O)OC)c3)c2)ccn1. The van der Waals surface area contributed by atoms with Gasteiger partial charge in [-0.05, 0) is 53.8 Å². The van der Waals surface area contributed by atoms with E-state index >= 15 is 0 Å². The highest BCUT2D eigenvalue weighted by Gasteiger charge is 2.12. The van der Waals surface area contributed by atoms with E-state index < -0.39 is 6.09 Å². The van der Waals surface area contributed by atoms with E-state index in [1.165, 1.54) is 13.3 Å². The van der Waals surface area contributed by atoms with E-state index in [0.717, 1.165) is 11.1 Å². The summed E-state index contributed by atoms with van der Waals surface area (Å²) in [6.07, 6.45) is 1.65. The molecule has 9 nitrogen and oxygen atoms in total. The molecule has 188 valence electrons. The van der Waals surface area contributed by atoms with Gasteiger partial charge in [0.1, 0.15) is 17.2 Å². The molecule has 3 amide bonds. The van der Waals surface area contributed by atoms with Crippen LogP contribution < -0.4 is 20.7 Å². The number of rotatable bonds is 10. The van der Waals surface area contributed by atoms with Crippen LogP contribution in [0.1, 0.15) is 44.8 Å². The van der Waals surface area contributed by atoms with Crippen LogP contribution in [0, 0.1) is 0 Å². The molecule has 1 unspecified atom stereocenters. The number of benzene rings is 2. The number of ether oxygens (including phenoxy) is 2. The number of aromatic nitrogens is 1. The molecule has 0 radical (unpaired) electrons. The first-order valence-electron chi connectivity index (χ1n) is 11.5. The van der Waals surface area contributed by atoms with Crippen molar-refractivity contribution in [1.29, 1.82) is 0 Å². The maximum absolute atomic E-state index is 12.7. The molecule has 0 fully saturated rings. The summed E-state index contributed by atoms with van der Waals surface area (Å²) in [5.74, 6) is 0.686. The third-order valence-corrected chi connectivity index (χ3v) is 5.48. The standard InChI is InChI=1S/C27H30N4O5/c1-18(17-31-27(34)35-3)20-7-5-8-21(15-20)25(32)30-12-10-19-6-4-9-22(14-19)36-23-11-13-29-24(16-23)26(33)28-2/h4-9,11,13-16,18H,10,12,17H2,1-3H3,(H,28,33)(H,30,32)(H,31,34). The van der Waals surface area contributed by atoms with Crippen molar-refractivity contribution in [3.05, 3.63) is 89.2 Å². The van der Waals surface area contributed by atoms with Crippen molar-refractivity contribution in [3.63, 3.8) is 0 Å². The monoisotopic (exact) mass is 490 g/mol. The minimum atomic E-state index is -0.486. The van der Waals surface area contributed by atoms with Crippen molar-refractivity contribution in [2.24, 2.45) is 0 Å². The van der Waals surface area contributed by atoms with Crippen LogP contribution in [0.15, 0.2) is 66.9 Å². The van der Waals surface area contributed by atoms with E-state index in [4.69, 9.17) is 4.74 Å². The average molecular weight is 491 g/mol. The van der Waals surface area contributed by atoms with Gasteiger partial charge >= 0.3 is 6.09 Å². The Kier molecular flexibility index (Phi) is 9.39. The molecular formula is C27H30N4O5. The Morgan fingerprint density at radius 2 is 1.72 bits per heavy atom. The molecule has 3 aromatic rings. The van der Waals surface area contributed by atoms with Crippen LogP contribution in [0.2, 0.25) is 0 Å². The largest absolute Gasteiger partial charge is 0.457 e. The van der Waals surface area contributed by atoms with E-state index in [9.17, 15) is 14.4 Å². The van der Waals surface area contributed by atoms with Gasteiger partial charge in [0.2, 0.25) is 0 Å². The molecule has 0 aliphatic heterocycles. The Labute approximate surface area is 210 Å². The second-order valence-corrected chi connectivity index (χ2v) is 8.11. The first-order valence-corrected chi connectivity index (χ1v) is 11.5. The summed E-state index contributed by atoms with van der Waals surface area (Å²) in [6.45, 7) is 2.82. The number of nitrogens with zero attached hydrogens (tertiary/aromatic N) is 1. The predicted molar refractivity (Wildman–Crippen MR) is 135 cm³/mol. The Morgan fingerprint density at radius 3 is 2.50 bits per heavy atom. The topological polar surface area (TPSA) is 119 Å².